The first-order valence-electron chi connectivity index (χ1n) is 6.73. The molecule has 1 aromatic heterocycles. The van der Waals surface area contributed by atoms with E-state index in [0.717, 1.165) is 45.4 Å². The Bertz CT molecular complexity index is 462. The quantitative estimate of drug-likeness (QED) is 0.876. The SMILES string of the molecule is O=c1c(NCC2CCCOC2)nccn1C1CC1. The summed E-state index contributed by atoms with van der Waals surface area (Å²) in [4.78, 5) is 16.3. The number of nitrogens with zero attached hydrogens (tertiary/aromatic N) is 2. The summed E-state index contributed by atoms with van der Waals surface area (Å²) in [5, 5.41) is 3.18. The second kappa shape index (κ2) is 5.10. The summed E-state index contributed by atoms with van der Waals surface area (Å²) >= 11 is 0. The maximum Gasteiger partial charge on any atom is 0.293 e. The number of anilines is 1. The average Bonchev–Trinajstić information content (AvgIpc) is 3.23. The van der Waals surface area contributed by atoms with Crippen molar-refractivity contribution in [1.82, 2.24) is 9.55 Å². The van der Waals surface area contributed by atoms with Gasteiger partial charge in [0.05, 0.1) is 6.61 Å². The molecule has 0 aromatic carbocycles. The van der Waals surface area contributed by atoms with Crippen molar-refractivity contribution >= 4 is 5.82 Å². The standard InChI is InChI=1S/C13H19N3O2/c17-13-12(14-5-6-16(13)11-3-4-11)15-8-10-2-1-7-18-9-10/h5-6,10-11H,1-4,7-9H2,(H,14,15). The summed E-state index contributed by atoms with van der Waals surface area (Å²) in [6.45, 7) is 2.43. The van der Waals surface area contributed by atoms with Gasteiger partial charge in [-0.05, 0) is 31.6 Å². The summed E-state index contributed by atoms with van der Waals surface area (Å²) < 4.78 is 7.23. The lowest BCUT2D eigenvalue weighted by atomic mass is 10.0. The molecule has 1 aliphatic heterocycles. The summed E-state index contributed by atoms with van der Waals surface area (Å²) in [5.41, 5.74) is 0.0109. The minimum absolute atomic E-state index is 0.0109. The van der Waals surface area contributed by atoms with Crippen LogP contribution in [0.4, 0.5) is 5.82 Å². The Morgan fingerprint density at radius 3 is 3.06 bits per heavy atom. The summed E-state index contributed by atoms with van der Waals surface area (Å²) in [6, 6.07) is 0.402. The smallest absolute Gasteiger partial charge is 0.293 e. The van der Waals surface area contributed by atoms with Crippen molar-refractivity contribution in [1.29, 1.82) is 0 Å². The summed E-state index contributed by atoms with van der Waals surface area (Å²) in [7, 11) is 0. The highest BCUT2D eigenvalue weighted by atomic mass is 16.5. The number of nitrogens with one attached hydrogen (secondary N) is 1. The Hall–Kier alpha value is -1.36. The lowest BCUT2D eigenvalue weighted by molar-refractivity contribution is 0.0594. The molecule has 1 atom stereocenters. The molecule has 1 aliphatic carbocycles. The molecule has 1 aromatic rings. The molecule has 1 N–H and O–H groups in total. The van der Waals surface area contributed by atoms with Gasteiger partial charge in [0.25, 0.3) is 5.56 Å². The monoisotopic (exact) mass is 249 g/mol. The number of aromatic nitrogens is 2. The zero-order valence-electron chi connectivity index (χ0n) is 10.5. The molecule has 0 bridgehead atoms. The van der Waals surface area contributed by atoms with E-state index >= 15 is 0 Å². The van der Waals surface area contributed by atoms with Crippen molar-refractivity contribution in [3.8, 4) is 0 Å². The minimum Gasteiger partial charge on any atom is -0.381 e. The highest BCUT2D eigenvalue weighted by molar-refractivity contribution is 5.31. The highest BCUT2D eigenvalue weighted by Gasteiger charge is 2.25. The van der Waals surface area contributed by atoms with Gasteiger partial charge in [0, 0.05) is 31.6 Å². The molecule has 0 spiro atoms. The molecular formula is C13H19N3O2. The van der Waals surface area contributed by atoms with E-state index in [4.69, 9.17) is 4.74 Å². The van der Waals surface area contributed by atoms with Crippen LogP contribution in [0.15, 0.2) is 17.2 Å². The van der Waals surface area contributed by atoms with E-state index in [1.165, 1.54) is 0 Å². The molecule has 2 aliphatic rings. The third kappa shape index (κ3) is 2.56. The van der Waals surface area contributed by atoms with Crippen LogP contribution in [0.3, 0.4) is 0 Å². The van der Waals surface area contributed by atoms with Crippen molar-refractivity contribution in [2.75, 3.05) is 25.1 Å². The highest BCUT2D eigenvalue weighted by Crippen LogP contribution is 2.33. The van der Waals surface area contributed by atoms with E-state index in [-0.39, 0.29) is 5.56 Å². The van der Waals surface area contributed by atoms with Crippen LogP contribution in [0.5, 0.6) is 0 Å². The van der Waals surface area contributed by atoms with Gasteiger partial charge in [-0.15, -0.1) is 0 Å². The fraction of sp³-hybridized carbons (Fsp3) is 0.692. The van der Waals surface area contributed by atoms with Crippen LogP contribution < -0.4 is 10.9 Å². The lowest BCUT2D eigenvalue weighted by Crippen LogP contribution is -2.29. The third-order valence-corrected chi connectivity index (χ3v) is 3.62. The molecule has 2 heterocycles. The molecule has 2 fully saturated rings. The number of rotatable bonds is 4. The van der Waals surface area contributed by atoms with Gasteiger partial charge in [-0.25, -0.2) is 4.98 Å². The first-order chi connectivity index (χ1) is 8.84. The van der Waals surface area contributed by atoms with Gasteiger partial charge in [-0.2, -0.15) is 0 Å². The van der Waals surface area contributed by atoms with E-state index < -0.39 is 0 Å². The normalized spacial score (nSPS) is 23.9. The average molecular weight is 249 g/mol. The summed E-state index contributed by atoms with van der Waals surface area (Å²) in [5.74, 6) is 0.976. The van der Waals surface area contributed by atoms with Gasteiger partial charge < -0.3 is 14.6 Å². The minimum atomic E-state index is 0.0109. The number of ether oxygens (including phenoxy) is 1. The fourth-order valence-corrected chi connectivity index (χ4v) is 2.40. The molecule has 5 nitrogen and oxygen atoms in total. The van der Waals surface area contributed by atoms with Crippen LogP contribution >= 0.6 is 0 Å². The molecule has 1 unspecified atom stereocenters. The van der Waals surface area contributed by atoms with Crippen molar-refractivity contribution in [2.45, 2.75) is 31.7 Å². The summed E-state index contributed by atoms with van der Waals surface area (Å²) in [6.07, 6.45) is 7.99. The molecule has 1 saturated heterocycles. The Balaban J connectivity index is 1.65. The zero-order chi connectivity index (χ0) is 12.4. The Morgan fingerprint density at radius 2 is 2.33 bits per heavy atom. The topological polar surface area (TPSA) is 56.1 Å². The number of hydrogen-bond acceptors (Lipinski definition) is 4. The zero-order valence-corrected chi connectivity index (χ0v) is 10.5. The Labute approximate surface area is 106 Å². The fourth-order valence-electron chi connectivity index (χ4n) is 2.40. The van der Waals surface area contributed by atoms with Gasteiger partial charge >= 0.3 is 0 Å². The number of hydrogen-bond donors (Lipinski definition) is 1. The van der Waals surface area contributed by atoms with E-state index in [2.05, 4.69) is 10.3 Å². The Kier molecular flexibility index (Phi) is 3.32. The van der Waals surface area contributed by atoms with Gasteiger partial charge in [0.15, 0.2) is 5.82 Å². The second-order valence-corrected chi connectivity index (χ2v) is 5.18. The molecule has 18 heavy (non-hydrogen) atoms. The van der Waals surface area contributed by atoms with Gasteiger partial charge in [0.2, 0.25) is 0 Å². The van der Waals surface area contributed by atoms with E-state index in [1.807, 2.05) is 0 Å². The Morgan fingerprint density at radius 1 is 1.44 bits per heavy atom. The second-order valence-electron chi connectivity index (χ2n) is 5.18. The molecule has 1 saturated carbocycles. The molecular weight excluding hydrogens is 230 g/mol. The molecule has 3 rings (SSSR count). The molecule has 0 radical (unpaired) electrons. The third-order valence-electron chi connectivity index (χ3n) is 3.62. The molecule has 0 amide bonds. The van der Waals surface area contributed by atoms with Gasteiger partial charge in [-0.3, -0.25) is 4.79 Å². The first kappa shape index (κ1) is 11.7. The van der Waals surface area contributed by atoms with E-state index in [0.29, 0.717) is 17.8 Å². The van der Waals surface area contributed by atoms with Crippen LogP contribution in [-0.2, 0) is 4.74 Å². The van der Waals surface area contributed by atoms with E-state index in [1.54, 1.807) is 17.0 Å². The van der Waals surface area contributed by atoms with Crippen LogP contribution in [0.2, 0.25) is 0 Å². The van der Waals surface area contributed by atoms with Crippen LogP contribution in [-0.4, -0.2) is 29.3 Å². The van der Waals surface area contributed by atoms with Crippen molar-refractivity contribution in [3.05, 3.63) is 22.7 Å². The predicted molar refractivity (Wildman–Crippen MR) is 68.8 cm³/mol. The van der Waals surface area contributed by atoms with Crippen molar-refractivity contribution in [3.63, 3.8) is 0 Å². The van der Waals surface area contributed by atoms with Crippen LogP contribution in [0, 0.1) is 5.92 Å². The predicted octanol–water partition coefficient (Wildman–Crippen LogP) is 1.42. The maximum absolute atomic E-state index is 12.1. The lowest BCUT2D eigenvalue weighted by Gasteiger charge is -2.22. The van der Waals surface area contributed by atoms with E-state index in [9.17, 15) is 4.79 Å². The van der Waals surface area contributed by atoms with Gasteiger partial charge in [0.1, 0.15) is 0 Å². The van der Waals surface area contributed by atoms with Crippen molar-refractivity contribution in [2.24, 2.45) is 5.92 Å². The van der Waals surface area contributed by atoms with Gasteiger partial charge in [-0.1, -0.05) is 0 Å². The molecule has 98 valence electrons. The first-order valence-corrected chi connectivity index (χ1v) is 6.73. The largest absolute Gasteiger partial charge is 0.381 e. The molecule has 5 heteroatoms. The van der Waals surface area contributed by atoms with Crippen LogP contribution in [0.1, 0.15) is 31.7 Å². The van der Waals surface area contributed by atoms with Crippen LogP contribution in [0.25, 0.3) is 0 Å². The maximum atomic E-state index is 12.1. The van der Waals surface area contributed by atoms with Crippen molar-refractivity contribution < 1.29 is 4.74 Å².